The summed E-state index contributed by atoms with van der Waals surface area (Å²) in [6, 6.07) is 17.9. The van der Waals surface area contributed by atoms with Gasteiger partial charge in [-0.2, -0.15) is 5.26 Å². The number of para-hydroxylation sites is 1. The van der Waals surface area contributed by atoms with Crippen LogP contribution in [-0.4, -0.2) is 4.57 Å². The third-order valence-corrected chi connectivity index (χ3v) is 4.26. The lowest BCUT2D eigenvalue weighted by Gasteiger charge is -2.01. The van der Waals surface area contributed by atoms with Crippen LogP contribution in [0, 0.1) is 18.3 Å². The number of hydrogen-bond acceptors (Lipinski definition) is 1. The van der Waals surface area contributed by atoms with Crippen molar-refractivity contribution in [1.29, 1.82) is 5.26 Å². The monoisotopic (exact) mass is 306 g/mol. The molecule has 0 bridgehead atoms. The van der Waals surface area contributed by atoms with E-state index in [9.17, 15) is 5.26 Å². The predicted molar refractivity (Wildman–Crippen MR) is 92.6 cm³/mol. The number of nitrogens with zero attached hydrogens (tertiary/aromatic N) is 2. The summed E-state index contributed by atoms with van der Waals surface area (Å²) in [7, 11) is 2.04. The molecule has 0 N–H and O–H groups in total. The van der Waals surface area contributed by atoms with Crippen molar-refractivity contribution >= 4 is 34.2 Å². The quantitative estimate of drug-likeness (QED) is 0.598. The van der Waals surface area contributed by atoms with Gasteiger partial charge in [-0.3, -0.25) is 0 Å². The van der Waals surface area contributed by atoms with Crippen LogP contribution in [0.2, 0.25) is 5.02 Å². The predicted octanol–water partition coefficient (Wildman–Crippen LogP) is 5.20. The molecule has 1 heterocycles. The van der Waals surface area contributed by atoms with Gasteiger partial charge in [-0.25, -0.2) is 0 Å². The maximum atomic E-state index is 9.52. The molecular formula is C19H15ClN2. The normalized spacial score (nSPS) is 11.6. The van der Waals surface area contributed by atoms with Gasteiger partial charge in [0.05, 0.1) is 11.6 Å². The SMILES string of the molecule is Cc1c(/C=C(\C#N)c2ccc(Cl)cc2)c2ccccc2n1C. The Morgan fingerprint density at radius 1 is 1.14 bits per heavy atom. The number of aryl methyl sites for hydroxylation is 1. The van der Waals surface area contributed by atoms with Gasteiger partial charge in [0.2, 0.25) is 0 Å². The molecule has 2 nitrogen and oxygen atoms in total. The van der Waals surface area contributed by atoms with Crippen LogP contribution < -0.4 is 0 Å². The Labute approximate surface area is 134 Å². The van der Waals surface area contributed by atoms with Crippen LogP contribution in [0.15, 0.2) is 48.5 Å². The third-order valence-electron chi connectivity index (χ3n) is 4.01. The standard InChI is InChI=1S/C19H15ClN2/c1-13-18(17-5-3-4-6-19(17)22(13)2)11-15(12-21)14-7-9-16(20)10-8-14/h3-11H,1-2H3/b15-11+. The Morgan fingerprint density at radius 2 is 1.82 bits per heavy atom. The first-order valence-electron chi connectivity index (χ1n) is 7.03. The van der Waals surface area contributed by atoms with Crippen molar-refractivity contribution in [2.24, 2.45) is 7.05 Å². The van der Waals surface area contributed by atoms with Gasteiger partial charge in [0.1, 0.15) is 0 Å². The molecule has 0 fully saturated rings. The number of fused-ring (bicyclic) bond motifs is 1. The molecule has 3 rings (SSSR count). The van der Waals surface area contributed by atoms with E-state index in [4.69, 9.17) is 11.6 Å². The van der Waals surface area contributed by atoms with Crippen LogP contribution in [0.4, 0.5) is 0 Å². The molecule has 0 aliphatic carbocycles. The molecule has 3 aromatic rings. The van der Waals surface area contributed by atoms with E-state index < -0.39 is 0 Å². The lowest BCUT2D eigenvalue weighted by Crippen LogP contribution is -1.90. The zero-order chi connectivity index (χ0) is 15.7. The van der Waals surface area contributed by atoms with Crippen LogP contribution in [0.1, 0.15) is 16.8 Å². The Kier molecular flexibility index (Phi) is 3.75. The van der Waals surface area contributed by atoms with Crippen LogP contribution in [0.5, 0.6) is 0 Å². The second-order valence-electron chi connectivity index (χ2n) is 5.25. The Morgan fingerprint density at radius 3 is 2.50 bits per heavy atom. The molecule has 2 aromatic carbocycles. The number of hydrogen-bond donors (Lipinski definition) is 0. The molecule has 108 valence electrons. The molecule has 0 aliphatic heterocycles. The number of halogens is 1. The van der Waals surface area contributed by atoms with Crippen molar-refractivity contribution in [3.63, 3.8) is 0 Å². The lowest BCUT2D eigenvalue weighted by molar-refractivity contribution is 0.916. The highest BCUT2D eigenvalue weighted by atomic mass is 35.5. The summed E-state index contributed by atoms with van der Waals surface area (Å²) in [5, 5.41) is 11.3. The average Bonchev–Trinajstić information content (AvgIpc) is 2.78. The van der Waals surface area contributed by atoms with Crippen LogP contribution >= 0.6 is 11.6 Å². The van der Waals surface area contributed by atoms with E-state index in [0.717, 1.165) is 22.2 Å². The van der Waals surface area contributed by atoms with Crippen molar-refractivity contribution in [2.75, 3.05) is 0 Å². The molecule has 0 saturated carbocycles. The van der Waals surface area contributed by atoms with E-state index in [2.05, 4.69) is 29.7 Å². The fourth-order valence-corrected chi connectivity index (χ4v) is 2.81. The van der Waals surface area contributed by atoms with Gasteiger partial charge in [-0.1, -0.05) is 41.9 Å². The smallest absolute Gasteiger partial charge is 0.0998 e. The maximum absolute atomic E-state index is 9.52. The van der Waals surface area contributed by atoms with Crippen molar-refractivity contribution in [2.45, 2.75) is 6.92 Å². The van der Waals surface area contributed by atoms with E-state index in [0.29, 0.717) is 10.6 Å². The first-order valence-corrected chi connectivity index (χ1v) is 7.41. The third kappa shape index (κ3) is 2.41. The zero-order valence-electron chi connectivity index (χ0n) is 12.5. The van der Waals surface area contributed by atoms with Gasteiger partial charge in [-0.15, -0.1) is 0 Å². The Bertz CT molecular complexity index is 909. The van der Waals surface area contributed by atoms with Crippen molar-refractivity contribution in [3.05, 3.63) is 70.4 Å². The number of benzene rings is 2. The minimum Gasteiger partial charge on any atom is -0.347 e. The summed E-state index contributed by atoms with van der Waals surface area (Å²) in [5.74, 6) is 0. The zero-order valence-corrected chi connectivity index (χ0v) is 13.2. The highest BCUT2D eigenvalue weighted by Crippen LogP contribution is 2.29. The fraction of sp³-hybridized carbons (Fsp3) is 0.105. The van der Waals surface area contributed by atoms with Crippen LogP contribution in [0.25, 0.3) is 22.6 Å². The molecule has 0 saturated heterocycles. The van der Waals surface area contributed by atoms with E-state index in [1.54, 1.807) is 12.1 Å². The van der Waals surface area contributed by atoms with E-state index in [-0.39, 0.29) is 0 Å². The summed E-state index contributed by atoms with van der Waals surface area (Å²) >= 11 is 5.92. The summed E-state index contributed by atoms with van der Waals surface area (Å²) in [6.45, 7) is 2.07. The minimum atomic E-state index is 0.635. The van der Waals surface area contributed by atoms with Gasteiger partial charge in [-0.05, 0) is 36.8 Å². The molecule has 0 unspecified atom stereocenters. The molecule has 0 aliphatic rings. The second-order valence-corrected chi connectivity index (χ2v) is 5.69. The van der Waals surface area contributed by atoms with Crippen molar-refractivity contribution < 1.29 is 0 Å². The van der Waals surface area contributed by atoms with E-state index in [1.807, 2.05) is 37.4 Å². The molecule has 0 amide bonds. The highest BCUT2D eigenvalue weighted by Gasteiger charge is 2.11. The Hall–Kier alpha value is -2.50. The van der Waals surface area contributed by atoms with Crippen LogP contribution in [0.3, 0.4) is 0 Å². The highest BCUT2D eigenvalue weighted by molar-refractivity contribution is 6.30. The maximum Gasteiger partial charge on any atom is 0.0998 e. The van der Waals surface area contributed by atoms with Crippen LogP contribution in [-0.2, 0) is 7.05 Å². The number of rotatable bonds is 2. The first-order chi connectivity index (χ1) is 10.6. The summed E-state index contributed by atoms with van der Waals surface area (Å²) in [4.78, 5) is 0. The number of nitriles is 1. The topological polar surface area (TPSA) is 28.7 Å². The van der Waals surface area contributed by atoms with Gasteiger partial charge in [0.25, 0.3) is 0 Å². The Balaban J connectivity index is 2.20. The van der Waals surface area contributed by atoms with E-state index >= 15 is 0 Å². The second kappa shape index (κ2) is 5.71. The first kappa shape index (κ1) is 14.4. The molecule has 0 atom stereocenters. The minimum absolute atomic E-state index is 0.635. The summed E-state index contributed by atoms with van der Waals surface area (Å²) in [5.41, 5.74) is 4.91. The largest absolute Gasteiger partial charge is 0.347 e. The molecule has 22 heavy (non-hydrogen) atoms. The molecular weight excluding hydrogens is 292 g/mol. The van der Waals surface area contributed by atoms with Gasteiger partial charge in [0.15, 0.2) is 0 Å². The molecule has 3 heteroatoms. The van der Waals surface area contributed by atoms with E-state index in [1.165, 1.54) is 5.52 Å². The molecule has 0 spiro atoms. The van der Waals surface area contributed by atoms with Crippen molar-refractivity contribution in [1.82, 2.24) is 4.57 Å². The van der Waals surface area contributed by atoms with Gasteiger partial charge < -0.3 is 4.57 Å². The fourth-order valence-electron chi connectivity index (χ4n) is 2.69. The summed E-state index contributed by atoms with van der Waals surface area (Å²) in [6.07, 6.45) is 1.96. The summed E-state index contributed by atoms with van der Waals surface area (Å²) < 4.78 is 2.15. The lowest BCUT2D eigenvalue weighted by atomic mass is 10.0. The number of aromatic nitrogens is 1. The van der Waals surface area contributed by atoms with Gasteiger partial charge >= 0.3 is 0 Å². The van der Waals surface area contributed by atoms with Gasteiger partial charge in [0, 0.05) is 34.2 Å². The van der Waals surface area contributed by atoms with Crippen molar-refractivity contribution in [3.8, 4) is 6.07 Å². The number of allylic oxidation sites excluding steroid dienone is 1. The molecule has 0 radical (unpaired) electrons. The average molecular weight is 307 g/mol. The molecule has 1 aromatic heterocycles.